The summed E-state index contributed by atoms with van der Waals surface area (Å²) in [6.45, 7) is -0.510. The van der Waals surface area contributed by atoms with Crippen molar-refractivity contribution in [1.29, 1.82) is 0 Å². The van der Waals surface area contributed by atoms with Gasteiger partial charge >= 0.3 is 0 Å². The molecule has 7 nitrogen and oxygen atoms in total. The van der Waals surface area contributed by atoms with Crippen LogP contribution in [0.2, 0.25) is 0 Å². The molecule has 0 radical (unpaired) electrons. The lowest BCUT2D eigenvalue weighted by Crippen LogP contribution is -2.57. The zero-order valence-electron chi connectivity index (χ0n) is 14.7. The Morgan fingerprint density at radius 2 is 2.04 bits per heavy atom. The Morgan fingerprint density at radius 3 is 2.63 bits per heavy atom. The number of alkyl halides is 2. The molecule has 0 bridgehead atoms. The minimum atomic E-state index is -3.38. The predicted molar refractivity (Wildman–Crippen MR) is 93.9 cm³/mol. The fourth-order valence-electron chi connectivity index (χ4n) is 3.28. The summed E-state index contributed by atoms with van der Waals surface area (Å²) in [4.78, 5) is 18.3. The van der Waals surface area contributed by atoms with Crippen molar-refractivity contribution in [1.82, 2.24) is 10.3 Å². The summed E-state index contributed by atoms with van der Waals surface area (Å²) in [5, 5.41) is 1.53. The maximum absolute atomic E-state index is 13.3. The standard InChI is InChI=1S/C17H21F2N3O4S/c18-17(19)9-22(10-17)12-5-6-13(26-8-11-3-4-11)20-15(12)16(23)21-14-2-1-7-27(14,24)25/h5-6,11,14H,1-4,7-10H2,(H,21,23). The summed E-state index contributed by atoms with van der Waals surface area (Å²) in [6.07, 6.45) is 3.00. The first-order valence-corrected chi connectivity index (χ1v) is 10.7. The minimum Gasteiger partial charge on any atom is -0.477 e. The number of carbonyl (C=O) groups excluding carboxylic acids is 1. The lowest BCUT2D eigenvalue weighted by atomic mass is 10.1. The number of anilines is 1. The van der Waals surface area contributed by atoms with Crippen LogP contribution in [0.5, 0.6) is 5.88 Å². The highest BCUT2D eigenvalue weighted by atomic mass is 32.2. The van der Waals surface area contributed by atoms with Crippen LogP contribution in [-0.2, 0) is 9.84 Å². The fourth-order valence-corrected chi connectivity index (χ4v) is 4.94. The summed E-state index contributed by atoms with van der Waals surface area (Å²) in [5.41, 5.74) is 0.175. The van der Waals surface area contributed by atoms with E-state index in [0.29, 0.717) is 25.4 Å². The number of ether oxygens (including phenoxy) is 1. The van der Waals surface area contributed by atoms with E-state index in [1.54, 1.807) is 6.07 Å². The molecule has 1 aliphatic carbocycles. The van der Waals surface area contributed by atoms with Gasteiger partial charge in [0.1, 0.15) is 5.37 Å². The van der Waals surface area contributed by atoms with Gasteiger partial charge in [-0.2, -0.15) is 0 Å². The van der Waals surface area contributed by atoms with Crippen LogP contribution < -0.4 is 15.0 Å². The van der Waals surface area contributed by atoms with Gasteiger partial charge in [0, 0.05) is 6.07 Å². The highest BCUT2D eigenvalue weighted by Crippen LogP contribution is 2.35. The van der Waals surface area contributed by atoms with Gasteiger partial charge in [-0.3, -0.25) is 4.79 Å². The minimum absolute atomic E-state index is 0.0289. The number of sulfone groups is 1. The molecule has 0 spiro atoms. The molecule has 1 unspecified atom stereocenters. The Hall–Kier alpha value is -1.97. The third kappa shape index (κ3) is 3.99. The summed E-state index contributed by atoms with van der Waals surface area (Å²) in [5.74, 6) is -2.74. The number of nitrogens with one attached hydrogen (secondary N) is 1. The largest absolute Gasteiger partial charge is 0.477 e. The van der Waals surface area contributed by atoms with E-state index in [9.17, 15) is 22.0 Å². The SMILES string of the molecule is O=C(NC1CCCS1(=O)=O)c1nc(OCC2CC2)ccc1N1CC(F)(F)C1. The smallest absolute Gasteiger partial charge is 0.282 e. The van der Waals surface area contributed by atoms with E-state index >= 15 is 0 Å². The number of pyridine rings is 1. The Morgan fingerprint density at radius 1 is 1.30 bits per heavy atom. The van der Waals surface area contributed by atoms with Crippen molar-refractivity contribution in [3.8, 4) is 5.88 Å². The molecule has 1 N–H and O–H groups in total. The van der Waals surface area contributed by atoms with Crippen molar-refractivity contribution in [3.63, 3.8) is 0 Å². The molecule has 1 saturated carbocycles. The van der Waals surface area contributed by atoms with Crippen LogP contribution in [0.15, 0.2) is 12.1 Å². The first-order valence-electron chi connectivity index (χ1n) is 9.03. The topological polar surface area (TPSA) is 88.6 Å². The van der Waals surface area contributed by atoms with Crippen LogP contribution >= 0.6 is 0 Å². The van der Waals surface area contributed by atoms with Crippen LogP contribution in [0.25, 0.3) is 0 Å². The number of carbonyl (C=O) groups is 1. The summed E-state index contributed by atoms with van der Waals surface area (Å²) in [7, 11) is -3.38. The third-order valence-corrected chi connectivity index (χ3v) is 7.11. The molecule has 1 aromatic rings. The molecule has 3 aliphatic rings. The maximum Gasteiger partial charge on any atom is 0.282 e. The van der Waals surface area contributed by atoms with Gasteiger partial charge in [0.15, 0.2) is 15.5 Å². The van der Waals surface area contributed by atoms with E-state index in [1.807, 2.05) is 0 Å². The zero-order valence-corrected chi connectivity index (χ0v) is 15.5. The van der Waals surface area contributed by atoms with Crippen LogP contribution in [0.4, 0.5) is 14.5 Å². The molecule has 10 heteroatoms. The van der Waals surface area contributed by atoms with Gasteiger partial charge in [-0.15, -0.1) is 0 Å². The third-order valence-electron chi connectivity index (χ3n) is 5.03. The van der Waals surface area contributed by atoms with E-state index in [1.165, 1.54) is 11.0 Å². The highest BCUT2D eigenvalue weighted by molar-refractivity contribution is 7.92. The molecule has 2 aliphatic heterocycles. The predicted octanol–water partition coefficient (Wildman–Crippen LogP) is 1.59. The second-order valence-electron chi connectivity index (χ2n) is 7.45. The Balaban J connectivity index is 1.56. The highest BCUT2D eigenvalue weighted by Gasteiger charge is 2.45. The van der Waals surface area contributed by atoms with Crippen molar-refractivity contribution in [2.24, 2.45) is 5.92 Å². The monoisotopic (exact) mass is 401 g/mol. The second-order valence-corrected chi connectivity index (χ2v) is 9.76. The van der Waals surface area contributed by atoms with Crippen molar-refractivity contribution < 1.29 is 26.7 Å². The lowest BCUT2D eigenvalue weighted by molar-refractivity contribution is -0.0263. The summed E-state index contributed by atoms with van der Waals surface area (Å²) < 4.78 is 56.1. The van der Waals surface area contributed by atoms with E-state index in [-0.39, 0.29) is 23.0 Å². The number of aromatic nitrogens is 1. The molecule has 3 heterocycles. The molecule has 1 amide bonds. The molecule has 27 heavy (non-hydrogen) atoms. The van der Waals surface area contributed by atoms with Crippen molar-refractivity contribution >= 4 is 21.4 Å². The van der Waals surface area contributed by atoms with Crippen LogP contribution in [0.1, 0.15) is 36.2 Å². The molecule has 2 saturated heterocycles. The number of hydrogen-bond donors (Lipinski definition) is 1. The first-order chi connectivity index (χ1) is 12.7. The average molecular weight is 401 g/mol. The number of rotatable bonds is 6. The molecule has 3 fully saturated rings. The Kier molecular flexibility index (Phi) is 4.48. The van der Waals surface area contributed by atoms with Gasteiger partial charge < -0.3 is 15.0 Å². The zero-order chi connectivity index (χ0) is 19.2. The second kappa shape index (κ2) is 6.57. The number of halogens is 2. The quantitative estimate of drug-likeness (QED) is 0.779. The Bertz CT molecular complexity index is 850. The summed E-state index contributed by atoms with van der Waals surface area (Å²) in [6, 6.07) is 3.08. The molecular formula is C17H21F2N3O4S. The number of nitrogens with zero attached hydrogens (tertiary/aromatic N) is 2. The molecule has 1 aromatic heterocycles. The van der Waals surface area contributed by atoms with Gasteiger partial charge in [0.2, 0.25) is 5.88 Å². The van der Waals surface area contributed by atoms with E-state index in [4.69, 9.17) is 4.74 Å². The summed E-state index contributed by atoms with van der Waals surface area (Å²) >= 11 is 0. The average Bonchev–Trinajstić information content (AvgIpc) is 3.35. The van der Waals surface area contributed by atoms with Crippen molar-refractivity contribution in [3.05, 3.63) is 17.8 Å². The maximum atomic E-state index is 13.3. The molecular weight excluding hydrogens is 380 g/mol. The molecule has 1 atom stereocenters. The Labute approximate surface area is 156 Å². The van der Waals surface area contributed by atoms with Gasteiger partial charge in [0.25, 0.3) is 11.8 Å². The van der Waals surface area contributed by atoms with Gasteiger partial charge in [-0.25, -0.2) is 22.2 Å². The van der Waals surface area contributed by atoms with Crippen LogP contribution in [-0.4, -0.2) is 56.1 Å². The van der Waals surface area contributed by atoms with Crippen molar-refractivity contribution in [2.75, 3.05) is 30.3 Å². The number of amides is 1. The first kappa shape index (κ1) is 18.4. The van der Waals surface area contributed by atoms with Crippen LogP contribution in [0.3, 0.4) is 0 Å². The van der Waals surface area contributed by atoms with Gasteiger partial charge in [0.05, 0.1) is 31.1 Å². The van der Waals surface area contributed by atoms with Gasteiger partial charge in [-0.1, -0.05) is 0 Å². The molecule has 4 rings (SSSR count). The molecule has 0 aromatic carbocycles. The lowest BCUT2D eigenvalue weighted by Gasteiger charge is -2.40. The number of hydrogen-bond acceptors (Lipinski definition) is 6. The van der Waals surface area contributed by atoms with Crippen LogP contribution in [0, 0.1) is 5.92 Å². The van der Waals surface area contributed by atoms with Crippen molar-refractivity contribution in [2.45, 2.75) is 37.0 Å². The normalized spacial score (nSPS) is 25.7. The fraction of sp³-hybridized carbons (Fsp3) is 0.647. The van der Waals surface area contributed by atoms with Gasteiger partial charge in [-0.05, 0) is 37.7 Å². The molecule has 148 valence electrons. The van der Waals surface area contributed by atoms with E-state index < -0.39 is 40.1 Å². The van der Waals surface area contributed by atoms with E-state index in [2.05, 4.69) is 10.3 Å². The van der Waals surface area contributed by atoms with E-state index in [0.717, 1.165) is 12.8 Å².